The zero-order valence-corrected chi connectivity index (χ0v) is 28.7. The van der Waals surface area contributed by atoms with E-state index in [0.717, 1.165) is 42.3 Å². The van der Waals surface area contributed by atoms with Crippen LogP contribution in [0.5, 0.6) is 17.2 Å². The van der Waals surface area contributed by atoms with Crippen molar-refractivity contribution in [3.05, 3.63) is 54.2 Å². The molecule has 1 aromatic heterocycles. The number of alkyl halides is 1. The number of aromatic nitrogens is 1. The SMILES string of the molecule is CC(C)NCC(O)c1ccc(O)c(O)c1.CC1(NCC(O)COc2cccc3[nH]ccc23)CCC(C(C)(C)NC(=O)CBr)CC1. The van der Waals surface area contributed by atoms with Crippen LogP contribution in [0.15, 0.2) is 48.7 Å². The van der Waals surface area contributed by atoms with Crippen molar-refractivity contribution >= 4 is 32.7 Å². The Hall–Kier alpha value is -2.83. The van der Waals surface area contributed by atoms with Crippen LogP contribution in [0.1, 0.15) is 72.0 Å². The first-order chi connectivity index (χ1) is 21.2. The fraction of sp³-hybridized carbons (Fsp3) is 0.559. The molecule has 8 N–H and O–H groups in total. The predicted molar refractivity (Wildman–Crippen MR) is 182 cm³/mol. The average molecular weight is 692 g/mol. The minimum absolute atomic E-state index is 0.00631. The van der Waals surface area contributed by atoms with Crippen LogP contribution < -0.4 is 20.7 Å². The number of rotatable bonds is 13. The predicted octanol–water partition coefficient (Wildman–Crippen LogP) is 4.87. The number of aliphatic hydroxyl groups excluding tert-OH is 2. The van der Waals surface area contributed by atoms with Gasteiger partial charge < -0.3 is 46.1 Å². The van der Waals surface area contributed by atoms with E-state index < -0.39 is 12.2 Å². The van der Waals surface area contributed by atoms with Gasteiger partial charge in [0.25, 0.3) is 0 Å². The van der Waals surface area contributed by atoms with Crippen LogP contribution in [-0.4, -0.2) is 79.6 Å². The summed E-state index contributed by atoms with van der Waals surface area (Å²) in [4.78, 5) is 15.0. The van der Waals surface area contributed by atoms with Gasteiger partial charge in [-0.2, -0.15) is 0 Å². The topological polar surface area (TPSA) is 159 Å². The second kappa shape index (κ2) is 16.6. The van der Waals surface area contributed by atoms with Crippen LogP contribution in [0.2, 0.25) is 0 Å². The molecule has 45 heavy (non-hydrogen) atoms. The summed E-state index contributed by atoms with van der Waals surface area (Å²) in [5, 5.41) is 49.6. The summed E-state index contributed by atoms with van der Waals surface area (Å²) >= 11 is 3.22. The minimum Gasteiger partial charge on any atom is -0.504 e. The van der Waals surface area contributed by atoms with Gasteiger partial charge in [0.05, 0.1) is 11.4 Å². The van der Waals surface area contributed by atoms with Gasteiger partial charge in [-0.3, -0.25) is 4.79 Å². The third kappa shape index (κ3) is 11.2. The Balaban J connectivity index is 0.000000309. The highest BCUT2D eigenvalue weighted by molar-refractivity contribution is 9.09. The van der Waals surface area contributed by atoms with Gasteiger partial charge in [0.15, 0.2) is 11.5 Å². The van der Waals surface area contributed by atoms with E-state index in [1.807, 2.05) is 44.3 Å². The molecule has 10 nitrogen and oxygen atoms in total. The maximum Gasteiger partial charge on any atom is 0.231 e. The Morgan fingerprint density at radius 2 is 1.80 bits per heavy atom. The van der Waals surface area contributed by atoms with Crippen molar-refractivity contribution in [2.45, 2.75) is 89.6 Å². The second-order valence-electron chi connectivity index (χ2n) is 13.1. The van der Waals surface area contributed by atoms with E-state index in [0.29, 0.717) is 35.9 Å². The Bertz CT molecular complexity index is 1360. The maximum absolute atomic E-state index is 11.8. The molecular weight excluding hydrogens is 640 g/mol. The summed E-state index contributed by atoms with van der Waals surface area (Å²) in [6, 6.07) is 12.5. The smallest absolute Gasteiger partial charge is 0.231 e. The van der Waals surface area contributed by atoms with Crippen LogP contribution in [0.25, 0.3) is 10.9 Å². The molecule has 2 atom stereocenters. The molecule has 0 saturated heterocycles. The minimum atomic E-state index is -0.682. The Labute approximate surface area is 275 Å². The van der Waals surface area contributed by atoms with Crippen LogP contribution in [-0.2, 0) is 4.79 Å². The summed E-state index contributed by atoms with van der Waals surface area (Å²) in [5.74, 6) is 0.876. The van der Waals surface area contributed by atoms with Crippen molar-refractivity contribution in [3.8, 4) is 17.2 Å². The number of hydrogen-bond acceptors (Lipinski definition) is 8. The number of aromatic hydroxyl groups is 2. The number of halogens is 1. The third-order valence-corrected chi connectivity index (χ3v) is 9.06. The summed E-state index contributed by atoms with van der Waals surface area (Å²) in [6.45, 7) is 11.6. The van der Waals surface area contributed by atoms with Gasteiger partial charge in [0, 0.05) is 47.3 Å². The van der Waals surface area contributed by atoms with Gasteiger partial charge in [-0.1, -0.05) is 41.9 Å². The first-order valence-corrected chi connectivity index (χ1v) is 16.8. The molecule has 4 rings (SSSR count). The van der Waals surface area contributed by atoms with E-state index >= 15 is 0 Å². The van der Waals surface area contributed by atoms with E-state index in [1.54, 1.807) is 6.07 Å². The molecule has 1 aliphatic rings. The zero-order valence-electron chi connectivity index (χ0n) is 27.1. The summed E-state index contributed by atoms with van der Waals surface area (Å²) in [5.41, 5.74) is 1.39. The number of ether oxygens (including phenoxy) is 1. The number of carbonyl (C=O) groups excluding carboxylic acids is 1. The summed E-state index contributed by atoms with van der Waals surface area (Å²) < 4.78 is 5.87. The van der Waals surface area contributed by atoms with Crippen LogP contribution in [0.3, 0.4) is 0 Å². The number of β-amino-alcohol motifs (C(OH)–C–C–N with tert-alkyl or cyclic N) is 1. The number of nitrogens with one attached hydrogen (secondary N) is 4. The maximum atomic E-state index is 11.8. The zero-order chi connectivity index (χ0) is 33.2. The molecule has 1 saturated carbocycles. The first-order valence-electron chi connectivity index (χ1n) is 15.7. The molecule has 250 valence electrons. The molecule has 1 fully saturated rings. The van der Waals surface area contributed by atoms with Crippen LogP contribution in [0.4, 0.5) is 0 Å². The lowest BCUT2D eigenvalue weighted by molar-refractivity contribution is -0.120. The summed E-state index contributed by atoms with van der Waals surface area (Å²) in [6.07, 6.45) is 4.74. The molecule has 3 aromatic rings. The Morgan fingerprint density at radius 1 is 1.09 bits per heavy atom. The normalized spacial score (nSPS) is 19.9. The molecule has 11 heteroatoms. The van der Waals surface area contributed by atoms with Gasteiger partial charge in [-0.25, -0.2) is 0 Å². The van der Waals surface area contributed by atoms with Crippen molar-refractivity contribution in [1.29, 1.82) is 0 Å². The largest absolute Gasteiger partial charge is 0.504 e. The van der Waals surface area contributed by atoms with E-state index in [-0.39, 0.29) is 35.1 Å². The molecule has 1 amide bonds. The number of aliphatic hydroxyl groups is 2. The number of amides is 1. The number of aromatic amines is 1. The number of phenolic OH excluding ortho intramolecular Hbond substituents is 2. The molecule has 0 bridgehead atoms. The van der Waals surface area contributed by atoms with Crippen LogP contribution >= 0.6 is 15.9 Å². The number of carbonyl (C=O) groups is 1. The highest BCUT2D eigenvalue weighted by atomic mass is 79.9. The average Bonchev–Trinajstić information content (AvgIpc) is 3.49. The molecular formula is C34H51BrN4O6. The fourth-order valence-corrected chi connectivity index (χ4v) is 5.79. The van der Waals surface area contributed by atoms with E-state index in [2.05, 4.69) is 57.6 Å². The van der Waals surface area contributed by atoms with Crippen molar-refractivity contribution in [2.75, 3.05) is 25.0 Å². The quantitative estimate of drug-likeness (QED) is 0.0933. The number of hydrogen-bond donors (Lipinski definition) is 8. The van der Waals surface area contributed by atoms with Gasteiger partial charge >= 0.3 is 0 Å². The third-order valence-electron chi connectivity index (χ3n) is 8.55. The Kier molecular flexibility index (Phi) is 13.6. The molecule has 2 unspecified atom stereocenters. The van der Waals surface area contributed by atoms with E-state index in [4.69, 9.17) is 9.84 Å². The van der Waals surface area contributed by atoms with Gasteiger partial charge in [-0.15, -0.1) is 0 Å². The lowest BCUT2D eigenvalue weighted by atomic mass is 9.70. The molecule has 0 aliphatic heterocycles. The van der Waals surface area contributed by atoms with Gasteiger partial charge in [0.1, 0.15) is 18.5 Å². The molecule has 2 aromatic carbocycles. The van der Waals surface area contributed by atoms with Crippen molar-refractivity contribution in [1.82, 2.24) is 20.9 Å². The molecule has 0 spiro atoms. The van der Waals surface area contributed by atoms with Crippen molar-refractivity contribution < 1.29 is 30.0 Å². The second-order valence-corrected chi connectivity index (χ2v) is 13.7. The molecule has 1 heterocycles. The number of fused-ring (bicyclic) bond motifs is 1. The van der Waals surface area contributed by atoms with E-state index in [9.17, 15) is 20.1 Å². The van der Waals surface area contributed by atoms with Crippen molar-refractivity contribution in [2.24, 2.45) is 5.92 Å². The standard InChI is InChI=1S/C23H34BrN3O3.C11H17NO3/c1-22(2,27-21(29)13-24)16-7-10-23(3,11-8-16)26-14-17(28)15-30-20-6-4-5-19-18(20)9-12-25-19;1-7(2)12-6-11(15)8-3-4-9(13)10(14)5-8/h4-6,9,12,16-17,25-26,28H,7-8,10-11,13-15H2,1-3H3,(H,27,29);3-5,7,11-15H,6H2,1-2H3. The number of phenols is 2. The van der Waals surface area contributed by atoms with Crippen molar-refractivity contribution in [3.63, 3.8) is 0 Å². The lowest BCUT2D eigenvalue weighted by Crippen LogP contribution is -2.54. The first kappa shape index (κ1) is 36.6. The van der Waals surface area contributed by atoms with Gasteiger partial charge in [-0.05, 0) is 88.3 Å². The summed E-state index contributed by atoms with van der Waals surface area (Å²) in [7, 11) is 0. The number of H-pyrrole nitrogens is 1. The highest BCUT2D eigenvalue weighted by Gasteiger charge is 2.38. The highest BCUT2D eigenvalue weighted by Crippen LogP contribution is 2.37. The molecule has 0 radical (unpaired) electrons. The fourth-order valence-electron chi connectivity index (χ4n) is 5.65. The Morgan fingerprint density at radius 3 is 2.44 bits per heavy atom. The number of benzene rings is 2. The molecule has 1 aliphatic carbocycles. The van der Waals surface area contributed by atoms with Gasteiger partial charge in [0.2, 0.25) is 5.91 Å². The monoisotopic (exact) mass is 690 g/mol. The van der Waals surface area contributed by atoms with Crippen LogP contribution in [0, 0.1) is 5.92 Å². The lowest BCUT2D eigenvalue weighted by Gasteiger charge is -2.44. The van der Waals surface area contributed by atoms with E-state index in [1.165, 1.54) is 12.1 Å².